The molecular formula is C32H39N3O2. The second-order valence-corrected chi connectivity index (χ2v) is 10.7. The van der Waals surface area contributed by atoms with Crippen molar-refractivity contribution in [2.24, 2.45) is 0 Å². The minimum atomic E-state index is -0.785. The number of para-hydroxylation sites is 1. The van der Waals surface area contributed by atoms with E-state index in [9.17, 15) is 9.90 Å². The number of hydrogen-bond acceptors (Lipinski definition) is 3. The highest BCUT2D eigenvalue weighted by Crippen LogP contribution is 2.34. The monoisotopic (exact) mass is 497 g/mol. The molecule has 3 aromatic rings. The van der Waals surface area contributed by atoms with E-state index in [1.807, 2.05) is 0 Å². The molecular weight excluding hydrogens is 458 g/mol. The summed E-state index contributed by atoms with van der Waals surface area (Å²) >= 11 is 0. The smallest absolute Gasteiger partial charge is 0.407 e. The van der Waals surface area contributed by atoms with Crippen molar-refractivity contribution in [2.45, 2.75) is 70.2 Å². The van der Waals surface area contributed by atoms with Gasteiger partial charge in [-0.2, -0.15) is 0 Å². The number of piperidine rings is 1. The first kappa shape index (κ1) is 25.3. The molecule has 0 spiro atoms. The first-order valence-electron chi connectivity index (χ1n) is 13.7. The average Bonchev–Trinajstić information content (AvgIpc) is 2.93. The molecule has 0 bridgehead atoms. The number of carboxylic acid groups (broad SMARTS) is 1. The summed E-state index contributed by atoms with van der Waals surface area (Å²) in [7, 11) is 0. The van der Waals surface area contributed by atoms with Gasteiger partial charge >= 0.3 is 6.09 Å². The van der Waals surface area contributed by atoms with Crippen molar-refractivity contribution in [3.8, 4) is 0 Å². The minimum Gasteiger partial charge on any atom is -0.465 e. The molecule has 0 aliphatic carbocycles. The van der Waals surface area contributed by atoms with Gasteiger partial charge in [0.1, 0.15) is 0 Å². The molecule has 37 heavy (non-hydrogen) atoms. The molecule has 1 fully saturated rings. The van der Waals surface area contributed by atoms with E-state index in [1.54, 1.807) is 4.90 Å². The van der Waals surface area contributed by atoms with Gasteiger partial charge in [0.15, 0.2) is 0 Å². The fourth-order valence-electron chi connectivity index (χ4n) is 6.28. The third kappa shape index (κ3) is 6.16. The van der Waals surface area contributed by atoms with Crippen LogP contribution in [-0.2, 0) is 19.5 Å². The second-order valence-electron chi connectivity index (χ2n) is 10.7. The van der Waals surface area contributed by atoms with Gasteiger partial charge in [0.25, 0.3) is 0 Å². The highest BCUT2D eigenvalue weighted by molar-refractivity contribution is 5.66. The number of fused-ring (bicyclic) bond motifs is 1. The molecule has 5 nitrogen and oxygen atoms in total. The van der Waals surface area contributed by atoms with Crippen LogP contribution in [0.4, 0.5) is 10.5 Å². The lowest BCUT2D eigenvalue weighted by molar-refractivity contribution is 0.0764. The molecule has 5 heteroatoms. The number of rotatable bonds is 8. The summed E-state index contributed by atoms with van der Waals surface area (Å²) < 4.78 is 0. The predicted octanol–water partition coefficient (Wildman–Crippen LogP) is 6.43. The Balaban J connectivity index is 1.34. The second kappa shape index (κ2) is 11.8. The summed E-state index contributed by atoms with van der Waals surface area (Å²) in [5.74, 6) is 0. The topological polar surface area (TPSA) is 47.0 Å². The van der Waals surface area contributed by atoms with Gasteiger partial charge in [-0.1, -0.05) is 78.9 Å². The number of aryl methyl sites for hydroxylation is 1. The molecule has 3 aromatic carbocycles. The number of carbonyl (C=O) groups is 1. The summed E-state index contributed by atoms with van der Waals surface area (Å²) in [5, 5.41) is 10.1. The summed E-state index contributed by atoms with van der Waals surface area (Å²) in [4.78, 5) is 19.1. The van der Waals surface area contributed by atoms with Crippen LogP contribution in [0.5, 0.6) is 0 Å². The zero-order valence-corrected chi connectivity index (χ0v) is 21.9. The Hall–Kier alpha value is -3.31. The summed E-state index contributed by atoms with van der Waals surface area (Å²) in [5.41, 5.74) is 5.35. The van der Waals surface area contributed by atoms with E-state index in [0.29, 0.717) is 12.6 Å². The van der Waals surface area contributed by atoms with Crippen molar-refractivity contribution in [1.29, 1.82) is 0 Å². The van der Waals surface area contributed by atoms with Gasteiger partial charge in [-0.3, -0.25) is 4.90 Å². The molecule has 0 saturated carbocycles. The molecule has 1 amide bonds. The standard InChI is InChI=1S/C32H39N3O2/c1-25(33(23-26-11-4-2-5-12-26)24-27-13-6-3-7-14-27)21-30-22-29(18-20-35(30)32(36)37)34-19-10-16-28-15-8-9-17-31(28)34/h2-9,11-15,17,25,29-30H,10,16,18-24H2,1H3,(H,36,37)/t25?,29?,30-/m0/s1. The van der Waals surface area contributed by atoms with Crippen LogP contribution < -0.4 is 4.90 Å². The largest absolute Gasteiger partial charge is 0.465 e. The van der Waals surface area contributed by atoms with E-state index >= 15 is 0 Å². The Morgan fingerprint density at radius 2 is 1.54 bits per heavy atom. The number of amides is 1. The van der Waals surface area contributed by atoms with Crippen LogP contribution in [0.1, 0.15) is 49.3 Å². The van der Waals surface area contributed by atoms with E-state index in [1.165, 1.54) is 28.8 Å². The molecule has 194 valence electrons. The Kier molecular flexibility index (Phi) is 8.10. The van der Waals surface area contributed by atoms with Gasteiger partial charge in [-0.15, -0.1) is 0 Å². The van der Waals surface area contributed by atoms with Crippen LogP contribution in [0, 0.1) is 0 Å². The molecule has 1 N–H and O–H groups in total. The maximum atomic E-state index is 12.3. The maximum absolute atomic E-state index is 12.3. The van der Waals surface area contributed by atoms with E-state index in [4.69, 9.17) is 0 Å². The van der Waals surface area contributed by atoms with Gasteiger partial charge in [0.05, 0.1) is 0 Å². The zero-order chi connectivity index (χ0) is 25.6. The lowest BCUT2D eigenvalue weighted by atomic mass is 9.89. The Morgan fingerprint density at radius 3 is 2.19 bits per heavy atom. The Labute approximate surface area is 221 Å². The molecule has 2 aliphatic heterocycles. The molecule has 5 rings (SSSR count). The number of benzene rings is 3. The molecule has 3 atom stereocenters. The fourth-order valence-corrected chi connectivity index (χ4v) is 6.28. The first-order chi connectivity index (χ1) is 18.1. The van der Waals surface area contributed by atoms with Crippen LogP contribution in [-0.4, -0.2) is 52.2 Å². The molecule has 2 unspecified atom stereocenters. The van der Waals surface area contributed by atoms with Crippen LogP contribution in [0.3, 0.4) is 0 Å². The normalized spacial score (nSPS) is 20.5. The van der Waals surface area contributed by atoms with Crippen molar-refractivity contribution in [2.75, 3.05) is 18.0 Å². The number of nitrogens with zero attached hydrogens (tertiary/aromatic N) is 3. The van der Waals surface area contributed by atoms with E-state index in [0.717, 1.165) is 45.3 Å². The lowest BCUT2D eigenvalue weighted by Gasteiger charge is -2.46. The molecule has 0 radical (unpaired) electrons. The summed E-state index contributed by atoms with van der Waals surface area (Å²) in [6, 6.07) is 30.6. The van der Waals surface area contributed by atoms with Crippen molar-refractivity contribution >= 4 is 11.8 Å². The van der Waals surface area contributed by atoms with Gasteiger partial charge in [-0.25, -0.2) is 4.79 Å². The van der Waals surface area contributed by atoms with Crippen molar-refractivity contribution in [3.63, 3.8) is 0 Å². The highest BCUT2D eigenvalue weighted by atomic mass is 16.4. The lowest BCUT2D eigenvalue weighted by Crippen LogP contribution is -2.54. The zero-order valence-electron chi connectivity index (χ0n) is 21.9. The molecule has 0 aromatic heterocycles. The molecule has 2 heterocycles. The van der Waals surface area contributed by atoms with Crippen molar-refractivity contribution < 1.29 is 9.90 Å². The van der Waals surface area contributed by atoms with Gasteiger partial charge in [-0.05, 0) is 61.8 Å². The van der Waals surface area contributed by atoms with Gasteiger partial charge in [0.2, 0.25) is 0 Å². The van der Waals surface area contributed by atoms with Gasteiger partial charge < -0.3 is 14.9 Å². The molecule has 1 saturated heterocycles. The predicted molar refractivity (Wildman–Crippen MR) is 150 cm³/mol. The molecule has 2 aliphatic rings. The average molecular weight is 498 g/mol. The Morgan fingerprint density at radius 1 is 0.919 bits per heavy atom. The van der Waals surface area contributed by atoms with Crippen LogP contribution >= 0.6 is 0 Å². The summed E-state index contributed by atoms with van der Waals surface area (Å²) in [6.45, 7) is 5.63. The van der Waals surface area contributed by atoms with Crippen molar-refractivity contribution in [3.05, 3.63) is 102 Å². The quantitative estimate of drug-likeness (QED) is 0.390. The van der Waals surface area contributed by atoms with E-state index in [-0.39, 0.29) is 12.1 Å². The van der Waals surface area contributed by atoms with Crippen LogP contribution in [0.25, 0.3) is 0 Å². The minimum absolute atomic E-state index is 0.00869. The third-order valence-corrected chi connectivity index (χ3v) is 8.21. The summed E-state index contributed by atoms with van der Waals surface area (Å²) in [6.07, 6.45) is 4.12. The van der Waals surface area contributed by atoms with Crippen molar-refractivity contribution in [1.82, 2.24) is 9.80 Å². The van der Waals surface area contributed by atoms with E-state index < -0.39 is 6.09 Å². The van der Waals surface area contributed by atoms with Gasteiger partial charge in [0, 0.05) is 50.0 Å². The van der Waals surface area contributed by atoms with E-state index in [2.05, 4.69) is 102 Å². The first-order valence-corrected chi connectivity index (χ1v) is 13.7. The highest BCUT2D eigenvalue weighted by Gasteiger charge is 2.36. The number of likely N-dealkylation sites (tertiary alicyclic amines) is 1. The SMILES string of the molecule is CC(C[C@H]1CC(N2CCCc3ccccc32)CCN1C(=O)O)N(Cc1ccccc1)Cc1ccccc1. The number of anilines is 1. The maximum Gasteiger partial charge on any atom is 0.407 e. The fraction of sp³-hybridized carbons (Fsp3) is 0.406. The number of hydrogen-bond donors (Lipinski definition) is 1. The Bertz CT molecular complexity index is 1110. The third-order valence-electron chi connectivity index (χ3n) is 8.21. The van der Waals surface area contributed by atoms with Crippen LogP contribution in [0.15, 0.2) is 84.9 Å². The van der Waals surface area contributed by atoms with Crippen LogP contribution in [0.2, 0.25) is 0 Å².